The van der Waals surface area contributed by atoms with E-state index >= 15 is 0 Å². The van der Waals surface area contributed by atoms with E-state index in [0.717, 1.165) is 0 Å². The first-order chi connectivity index (χ1) is 20.5. The maximum atomic E-state index is 13.4. The average molecular weight is 603 g/mol. The van der Waals surface area contributed by atoms with Crippen LogP contribution in [0.4, 0.5) is 0 Å². The van der Waals surface area contributed by atoms with Crippen molar-refractivity contribution in [2.24, 2.45) is 0 Å². The van der Waals surface area contributed by atoms with Gasteiger partial charge in [0.05, 0.1) is 33.0 Å². The highest BCUT2D eigenvalue weighted by molar-refractivity contribution is 5.91. The third-order valence-corrected chi connectivity index (χ3v) is 7.27. The molecule has 4 unspecified atom stereocenters. The van der Waals surface area contributed by atoms with E-state index in [1.807, 2.05) is 0 Å². The Kier molecular flexibility index (Phi) is 8.03. The van der Waals surface area contributed by atoms with Gasteiger partial charge in [-0.3, -0.25) is 0 Å². The van der Waals surface area contributed by atoms with Crippen LogP contribution >= 0.6 is 0 Å². The summed E-state index contributed by atoms with van der Waals surface area (Å²) in [7, 11) is 2.60. The van der Waals surface area contributed by atoms with Gasteiger partial charge in [0.2, 0.25) is 12.0 Å². The van der Waals surface area contributed by atoms with Crippen molar-refractivity contribution in [3.63, 3.8) is 0 Å². The number of benzene rings is 3. The van der Waals surface area contributed by atoms with Crippen LogP contribution in [0, 0.1) is 0 Å². The van der Waals surface area contributed by atoms with Gasteiger partial charge in [-0.1, -0.05) is 6.07 Å². The highest BCUT2D eigenvalue weighted by Crippen LogP contribution is 2.46. The quantitative estimate of drug-likeness (QED) is 0.143. The van der Waals surface area contributed by atoms with Gasteiger partial charge in [-0.05, 0) is 24.3 Å². The first-order valence-electron chi connectivity index (χ1n) is 13.0. The zero-order valence-electron chi connectivity index (χ0n) is 23.0. The second-order valence-electron chi connectivity index (χ2n) is 10.1. The maximum Gasteiger partial charge on any atom is 0.338 e. The number of aliphatic hydroxyl groups is 3. The first kappa shape index (κ1) is 29.8. The molecule has 2 heterocycles. The van der Waals surface area contributed by atoms with Crippen LogP contribution in [0.3, 0.4) is 0 Å². The lowest BCUT2D eigenvalue weighted by Gasteiger charge is -2.35. The van der Waals surface area contributed by atoms with E-state index in [-0.39, 0.29) is 52.2 Å². The average Bonchev–Trinajstić information content (AvgIpc) is 3.27. The molecule has 1 saturated heterocycles. The molecule has 43 heavy (non-hydrogen) atoms. The molecule has 230 valence electrons. The van der Waals surface area contributed by atoms with Gasteiger partial charge in [0.15, 0.2) is 29.1 Å². The Morgan fingerprint density at radius 2 is 1.67 bits per heavy atom. The van der Waals surface area contributed by atoms with E-state index in [2.05, 4.69) is 0 Å². The van der Waals surface area contributed by atoms with E-state index in [4.69, 9.17) is 28.4 Å². The van der Waals surface area contributed by atoms with E-state index < -0.39 is 55.1 Å². The summed E-state index contributed by atoms with van der Waals surface area (Å²) in [6, 6.07) is 8.94. The summed E-state index contributed by atoms with van der Waals surface area (Å²) in [5.74, 6) is -2.30. The standard InChI is InChI=1S/C29H30O14/c1-38-21-6-14(7-22(39-2)24(21)34)27(36)42-23-10-16-19(41-25(23)13-3-4-17(32)18(33)5-13)8-15(31)9-20(16)43-28-26(35)29(37,11-30)12-40-28/h3-9,23,25-26,28,30-35,37H,10-12H2,1-2H3/t23-,25?,26?,28?,29?/m1/s1. The van der Waals surface area contributed by atoms with Crippen molar-refractivity contribution in [1.29, 1.82) is 0 Å². The SMILES string of the molecule is COc1cc(C(=O)O[C@@H]2Cc3c(OC4OCC(O)(CO)C4O)cc(O)cc3OC2c2ccc(O)c(O)c2)cc(OC)c1O. The lowest BCUT2D eigenvalue weighted by Crippen LogP contribution is -2.48. The van der Waals surface area contributed by atoms with Crippen molar-refractivity contribution < 1.29 is 69.0 Å². The van der Waals surface area contributed by atoms with Crippen molar-refractivity contribution in [2.45, 2.75) is 36.6 Å². The number of methoxy groups -OCH3 is 2. The molecule has 1 fully saturated rings. The Morgan fingerprint density at radius 3 is 2.28 bits per heavy atom. The predicted octanol–water partition coefficient (Wildman–Crippen LogP) is 1.25. The molecule has 3 aromatic carbocycles. The summed E-state index contributed by atoms with van der Waals surface area (Å²) in [5.41, 5.74) is -1.38. The van der Waals surface area contributed by atoms with Crippen LogP contribution in [0.5, 0.6) is 46.0 Å². The van der Waals surface area contributed by atoms with E-state index in [0.29, 0.717) is 11.1 Å². The lowest BCUT2D eigenvalue weighted by atomic mass is 9.93. The molecule has 0 aromatic heterocycles. The minimum absolute atomic E-state index is 0.0257. The van der Waals surface area contributed by atoms with Gasteiger partial charge in [0.1, 0.15) is 35.1 Å². The molecule has 0 radical (unpaired) electrons. The summed E-state index contributed by atoms with van der Waals surface area (Å²) >= 11 is 0. The number of esters is 1. The zero-order valence-corrected chi connectivity index (χ0v) is 23.0. The highest BCUT2D eigenvalue weighted by atomic mass is 16.7. The van der Waals surface area contributed by atoms with Crippen molar-refractivity contribution in [2.75, 3.05) is 27.4 Å². The van der Waals surface area contributed by atoms with Crippen molar-refractivity contribution in [3.05, 3.63) is 59.2 Å². The number of hydrogen-bond acceptors (Lipinski definition) is 14. The summed E-state index contributed by atoms with van der Waals surface area (Å²) in [4.78, 5) is 13.4. The number of aliphatic hydroxyl groups excluding tert-OH is 2. The third-order valence-electron chi connectivity index (χ3n) is 7.27. The Morgan fingerprint density at radius 1 is 0.977 bits per heavy atom. The van der Waals surface area contributed by atoms with Gasteiger partial charge in [0, 0.05) is 29.7 Å². The van der Waals surface area contributed by atoms with Gasteiger partial charge < -0.3 is 64.2 Å². The van der Waals surface area contributed by atoms with Gasteiger partial charge in [0.25, 0.3) is 0 Å². The van der Waals surface area contributed by atoms with Crippen LogP contribution in [0.25, 0.3) is 0 Å². The molecular formula is C29H30O14. The molecule has 2 aliphatic rings. The van der Waals surface area contributed by atoms with Crippen LogP contribution < -0.4 is 18.9 Å². The van der Waals surface area contributed by atoms with Gasteiger partial charge in [-0.15, -0.1) is 0 Å². The summed E-state index contributed by atoms with van der Waals surface area (Å²) in [6.45, 7) is -1.21. The number of carbonyl (C=O) groups is 1. The molecule has 5 atom stereocenters. The number of phenolic OH excluding ortho intramolecular Hbond substituents is 4. The second-order valence-corrected chi connectivity index (χ2v) is 10.1. The summed E-state index contributed by atoms with van der Waals surface area (Å²) in [5, 5.41) is 70.9. The number of carbonyl (C=O) groups excluding carboxylic acids is 1. The number of phenols is 4. The van der Waals surface area contributed by atoms with Gasteiger partial charge in [-0.2, -0.15) is 0 Å². The number of hydrogen-bond donors (Lipinski definition) is 7. The molecule has 5 rings (SSSR count). The van der Waals surface area contributed by atoms with E-state index in [1.54, 1.807) is 0 Å². The molecule has 2 aliphatic heterocycles. The molecule has 0 amide bonds. The Bertz CT molecular complexity index is 1500. The van der Waals surface area contributed by atoms with Crippen LogP contribution in [0.2, 0.25) is 0 Å². The summed E-state index contributed by atoms with van der Waals surface area (Å²) in [6.07, 6.45) is -5.31. The fourth-order valence-electron chi connectivity index (χ4n) is 4.88. The molecule has 14 nitrogen and oxygen atoms in total. The topological polar surface area (TPSA) is 214 Å². The Labute approximate surface area is 244 Å². The monoisotopic (exact) mass is 602 g/mol. The van der Waals surface area contributed by atoms with Crippen molar-refractivity contribution in [3.8, 4) is 46.0 Å². The normalized spacial score (nSPS) is 24.5. The number of aromatic hydroxyl groups is 4. The third kappa shape index (κ3) is 5.60. The second kappa shape index (κ2) is 11.6. The van der Waals surface area contributed by atoms with Crippen molar-refractivity contribution >= 4 is 5.97 Å². The molecule has 0 saturated carbocycles. The Balaban J connectivity index is 1.52. The number of rotatable bonds is 8. The van der Waals surface area contributed by atoms with Crippen molar-refractivity contribution in [1.82, 2.24) is 0 Å². The minimum atomic E-state index is -1.96. The van der Waals surface area contributed by atoms with Crippen LogP contribution in [0.1, 0.15) is 27.6 Å². The van der Waals surface area contributed by atoms with Gasteiger partial charge in [-0.25, -0.2) is 4.79 Å². The predicted molar refractivity (Wildman–Crippen MR) is 144 cm³/mol. The van der Waals surface area contributed by atoms with Crippen LogP contribution in [-0.4, -0.2) is 93.2 Å². The fraction of sp³-hybridized carbons (Fsp3) is 0.345. The highest BCUT2D eigenvalue weighted by Gasteiger charge is 2.49. The maximum absolute atomic E-state index is 13.4. The lowest BCUT2D eigenvalue weighted by molar-refractivity contribution is -0.116. The number of fused-ring (bicyclic) bond motifs is 1. The minimum Gasteiger partial charge on any atom is -0.508 e. The molecule has 0 bridgehead atoms. The molecule has 0 aliphatic carbocycles. The van der Waals surface area contributed by atoms with Gasteiger partial charge >= 0.3 is 5.97 Å². The molecule has 14 heteroatoms. The van der Waals surface area contributed by atoms with Crippen LogP contribution in [-0.2, 0) is 15.9 Å². The van der Waals surface area contributed by atoms with E-state index in [9.17, 15) is 40.5 Å². The molecule has 3 aromatic rings. The Hall–Kier alpha value is -4.63. The fourth-order valence-corrected chi connectivity index (χ4v) is 4.88. The number of ether oxygens (including phenoxy) is 6. The smallest absolute Gasteiger partial charge is 0.338 e. The van der Waals surface area contributed by atoms with Crippen LogP contribution in [0.15, 0.2) is 42.5 Å². The molecule has 7 N–H and O–H groups in total. The largest absolute Gasteiger partial charge is 0.508 e. The molecular weight excluding hydrogens is 572 g/mol. The first-order valence-corrected chi connectivity index (χ1v) is 13.0. The molecule has 0 spiro atoms. The zero-order chi connectivity index (χ0) is 31.1. The van der Waals surface area contributed by atoms with E-state index in [1.165, 1.54) is 56.7 Å². The summed E-state index contributed by atoms with van der Waals surface area (Å²) < 4.78 is 33.4.